The van der Waals surface area contributed by atoms with Crippen molar-refractivity contribution >= 4 is 17.9 Å². The van der Waals surface area contributed by atoms with Gasteiger partial charge in [-0.1, -0.05) is 6.07 Å². The molecule has 0 bridgehead atoms. The molecule has 2 aromatic heterocycles. The third kappa shape index (κ3) is 1.93. The first-order chi connectivity index (χ1) is 7.27. The van der Waals surface area contributed by atoms with E-state index in [1.165, 1.54) is 6.21 Å². The van der Waals surface area contributed by atoms with Gasteiger partial charge in [0, 0.05) is 6.20 Å². The first-order valence-corrected chi connectivity index (χ1v) is 4.28. The number of hydrogen-bond donors (Lipinski definition) is 2. The van der Waals surface area contributed by atoms with Gasteiger partial charge in [0.15, 0.2) is 0 Å². The average molecular weight is 203 g/mol. The number of carbonyl (C=O) groups excluding carboxylic acids is 1. The summed E-state index contributed by atoms with van der Waals surface area (Å²) in [7, 11) is 0. The van der Waals surface area contributed by atoms with E-state index in [1.807, 2.05) is 28.8 Å². The normalized spacial score (nSPS) is 10.9. The average Bonchev–Trinajstić information content (AvgIpc) is 2.62. The molecule has 2 amide bonds. The molecule has 0 saturated heterocycles. The summed E-state index contributed by atoms with van der Waals surface area (Å²) in [5, 5.41) is 3.65. The maximum Gasteiger partial charge on any atom is 0.332 e. The molecular weight excluding hydrogens is 194 g/mol. The van der Waals surface area contributed by atoms with Gasteiger partial charge in [-0.3, -0.25) is 4.40 Å². The van der Waals surface area contributed by atoms with Crippen molar-refractivity contribution in [3.05, 3.63) is 36.3 Å². The number of primary amides is 1. The molecule has 0 fully saturated rings. The summed E-state index contributed by atoms with van der Waals surface area (Å²) in [6.07, 6.45) is 4.99. The highest BCUT2D eigenvalue weighted by atomic mass is 16.2. The Bertz CT molecular complexity index is 516. The fourth-order valence-corrected chi connectivity index (χ4v) is 1.21. The van der Waals surface area contributed by atoms with Gasteiger partial charge in [0.1, 0.15) is 5.65 Å². The van der Waals surface area contributed by atoms with Crippen LogP contribution in [-0.2, 0) is 0 Å². The smallest absolute Gasteiger partial charge is 0.332 e. The number of urea groups is 1. The third-order valence-electron chi connectivity index (χ3n) is 1.82. The molecule has 0 radical (unpaired) electrons. The third-order valence-corrected chi connectivity index (χ3v) is 1.82. The Hall–Kier alpha value is -2.37. The Kier molecular flexibility index (Phi) is 2.32. The molecule has 6 nitrogen and oxygen atoms in total. The molecule has 6 heteroatoms. The van der Waals surface area contributed by atoms with E-state index < -0.39 is 6.03 Å². The number of hydrazone groups is 1. The first-order valence-electron chi connectivity index (χ1n) is 4.28. The molecule has 2 aromatic rings. The summed E-state index contributed by atoms with van der Waals surface area (Å²) in [6, 6.07) is 4.96. The first kappa shape index (κ1) is 9.20. The predicted molar refractivity (Wildman–Crippen MR) is 55.5 cm³/mol. The van der Waals surface area contributed by atoms with E-state index in [1.54, 1.807) is 6.20 Å². The summed E-state index contributed by atoms with van der Waals surface area (Å²) in [5.41, 5.74) is 8.55. The van der Waals surface area contributed by atoms with E-state index >= 15 is 0 Å². The van der Waals surface area contributed by atoms with Crippen LogP contribution >= 0.6 is 0 Å². The highest BCUT2D eigenvalue weighted by Crippen LogP contribution is 2.03. The van der Waals surface area contributed by atoms with Crippen LogP contribution in [-0.4, -0.2) is 21.6 Å². The highest BCUT2D eigenvalue weighted by molar-refractivity contribution is 5.80. The zero-order chi connectivity index (χ0) is 10.7. The lowest BCUT2D eigenvalue weighted by Crippen LogP contribution is -2.24. The lowest BCUT2D eigenvalue weighted by molar-refractivity contribution is 0.249. The van der Waals surface area contributed by atoms with E-state index in [0.29, 0.717) is 0 Å². The Labute approximate surface area is 85.4 Å². The minimum absolute atomic E-state index is 0.694. The molecule has 0 aromatic carbocycles. The zero-order valence-electron chi connectivity index (χ0n) is 7.79. The standard InChI is InChI=1S/C9H9N5O/c10-9(15)13-12-6-7-5-11-8-3-1-2-4-14(7)8/h1-6H,(H3,10,13,15)/b12-6-. The number of rotatable bonds is 2. The van der Waals surface area contributed by atoms with Gasteiger partial charge in [0.25, 0.3) is 0 Å². The maximum absolute atomic E-state index is 10.4. The summed E-state index contributed by atoms with van der Waals surface area (Å²) in [4.78, 5) is 14.5. The van der Waals surface area contributed by atoms with Crippen LogP contribution in [0, 0.1) is 0 Å². The number of carbonyl (C=O) groups is 1. The predicted octanol–water partition coefficient (Wildman–Crippen LogP) is 0.336. The van der Waals surface area contributed by atoms with Crippen LogP contribution < -0.4 is 11.2 Å². The van der Waals surface area contributed by atoms with Crippen LogP contribution in [0.3, 0.4) is 0 Å². The molecule has 0 saturated carbocycles. The van der Waals surface area contributed by atoms with Gasteiger partial charge in [-0.05, 0) is 12.1 Å². The summed E-state index contributed by atoms with van der Waals surface area (Å²) >= 11 is 0. The Morgan fingerprint density at radius 1 is 1.60 bits per heavy atom. The minimum atomic E-state index is -0.694. The molecule has 0 aliphatic rings. The van der Waals surface area contributed by atoms with Crippen molar-refractivity contribution in [1.82, 2.24) is 14.8 Å². The Balaban J connectivity index is 2.28. The highest BCUT2D eigenvalue weighted by Gasteiger charge is 1.98. The van der Waals surface area contributed by atoms with Gasteiger partial charge in [-0.15, -0.1) is 0 Å². The van der Waals surface area contributed by atoms with Gasteiger partial charge >= 0.3 is 6.03 Å². The lowest BCUT2D eigenvalue weighted by atomic mass is 10.4. The second-order valence-electron chi connectivity index (χ2n) is 2.85. The molecule has 2 rings (SSSR count). The zero-order valence-corrected chi connectivity index (χ0v) is 7.79. The molecule has 76 valence electrons. The van der Waals surface area contributed by atoms with Crippen molar-refractivity contribution in [2.75, 3.05) is 0 Å². The van der Waals surface area contributed by atoms with Crippen molar-refractivity contribution in [3.8, 4) is 0 Å². The van der Waals surface area contributed by atoms with Crippen LogP contribution in [0.1, 0.15) is 5.69 Å². The molecule has 0 unspecified atom stereocenters. The van der Waals surface area contributed by atoms with Gasteiger partial charge in [0.05, 0.1) is 18.1 Å². The lowest BCUT2D eigenvalue weighted by Gasteiger charge is -1.94. The number of nitrogens with zero attached hydrogens (tertiary/aromatic N) is 3. The van der Waals surface area contributed by atoms with E-state index in [9.17, 15) is 4.79 Å². The second-order valence-corrected chi connectivity index (χ2v) is 2.85. The fourth-order valence-electron chi connectivity index (χ4n) is 1.21. The van der Waals surface area contributed by atoms with E-state index in [-0.39, 0.29) is 0 Å². The number of amides is 2. The molecule has 15 heavy (non-hydrogen) atoms. The number of nitrogens with one attached hydrogen (secondary N) is 1. The Morgan fingerprint density at radius 3 is 3.27 bits per heavy atom. The number of fused-ring (bicyclic) bond motifs is 1. The topological polar surface area (TPSA) is 84.8 Å². The van der Waals surface area contributed by atoms with Crippen molar-refractivity contribution in [2.24, 2.45) is 10.8 Å². The molecule has 3 N–H and O–H groups in total. The summed E-state index contributed by atoms with van der Waals surface area (Å²) in [6.45, 7) is 0. The van der Waals surface area contributed by atoms with Gasteiger partial charge in [-0.2, -0.15) is 5.10 Å². The maximum atomic E-state index is 10.4. The van der Waals surface area contributed by atoms with Crippen molar-refractivity contribution in [2.45, 2.75) is 0 Å². The van der Waals surface area contributed by atoms with Crippen LogP contribution in [0.5, 0.6) is 0 Å². The molecule has 0 spiro atoms. The quantitative estimate of drug-likeness (QED) is 0.544. The van der Waals surface area contributed by atoms with Crippen molar-refractivity contribution < 1.29 is 4.79 Å². The number of aromatic nitrogens is 2. The van der Waals surface area contributed by atoms with Crippen molar-refractivity contribution in [1.29, 1.82) is 0 Å². The van der Waals surface area contributed by atoms with Crippen LogP contribution in [0.4, 0.5) is 4.79 Å². The van der Waals surface area contributed by atoms with Crippen LogP contribution in [0.25, 0.3) is 5.65 Å². The van der Waals surface area contributed by atoms with E-state index in [2.05, 4.69) is 15.5 Å². The summed E-state index contributed by atoms with van der Waals surface area (Å²) < 4.78 is 1.84. The van der Waals surface area contributed by atoms with Gasteiger partial charge in [0.2, 0.25) is 0 Å². The van der Waals surface area contributed by atoms with E-state index in [4.69, 9.17) is 5.73 Å². The fraction of sp³-hybridized carbons (Fsp3) is 0. The monoisotopic (exact) mass is 203 g/mol. The molecule has 0 atom stereocenters. The second kappa shape index (κ2) is 3.79. The molecule has 2 heterocycles. The minimum Gasteiger partial charge on any atom is -0.350 e. The van der Waals surface area contributed by atoms with E-state index in [0.717, 1.165) is 11.3 Å². The number of imidazole rings is 1. The number of pyridine rings is 1. The molecule has 0 aliphatic carbocycles. The SMILES string of the molecule is NC(=O)N/N=C\c1cnc2ccccn12. The largest absolute Gasteiger partial charge is 0.350 e. The molecule has 0 aliphatic heterocycles. The number of hydrogen-bond acceptors (Lipinski definition) is 3. The Morgan fingerprint density at radius 2 is 2.47 bits per heavy atom. The number of nitrogens with two attached hydrogens (primary N) is 1. The van der Waals surface area contributed by atoms with Gasteiger partial charge < -0.3 is 5.73 Å². The van der Waals surface area contributed by atoms with Gasteiger partial charge in [-0.25, -0.2) is 15.2 Å². The van der Waals surface area contributed by atoms with Crippen molar-refractivity contribution in [3.63, 3.8) is 0 Å². The summed E-state index contributed by atoms with van der Waals surface area (Å²) in [5.74, 6) is 0. The van der Waals surface area contributed by atoms with Crippen LogP contribution in [0.2, 0.25) is 0 Å². The molecular formula is C9H9N5O. The van der Waals surface area contributed by atoms with Crippen LogP contribution in [0.15, 0.2) is 35.7 Å².